The summed E-state index contributed by atoms with van der Waals surface area (Å²) in [6.07, 6.45) is 0.799. The molecular formula is C12H12BrNO3. The van der Waals surface area contributed by atoms with Crippen molar-refractivity contribution in [2.24, 2.45) is 5.92 Å². The molecule has 17 heavy (non-hydrogen) atoms. The minimum Gasteiger partial charge on any atom is -0.480 e. The molecular weight excluding hydrogens is 286 g/mol. The highest BCUT2D eigenvalue weighted by Crippen LogP contribution is 2.47. The van der Waals surface area contributed by atoms with Gasteiger partial charge in [-0.3, -0.25) is 9.59 Å². The Hall–Kier alpha value is -1.36. The molecule has 1 aromatic rings. The summed E-state index contributed by atoms with van der Waals surface area (Å²) in [4.78, 5) is 21.9. The van der Waals surface area contributed by atoms with Crippen molar-refractivity contribution in [1.82, 2.24) is 5.32 Å². The van der Waals surface area contributed by atoms with Gasteiger partial charge in [0.2, 0.25) is 5.91 Å². The Morgan fingerprint density at radius 1 is 1.35 bits per heavy atom. The van der Waals surface area contributed by atoms with Gasteiger partial charge < -0.3 is 10.4 Å². The summed E-state index contributed by atoms with van der Waals surface area (Å²) in [5.74, 6) is -1.02. The number of hydrogen-bond donors (Lipinski definition) is 2. The monoisotopic (exact) mass is 297 g/mol. The number of carboxylic acid groups (broad SMARTS) is 1. The summed E-state index contributed by atoms with van der Waals surface area (Å²) in [6.45, 7) is -0.303. The molecule has 1 fully saturated rings. The van der Waals surface area contributed by atoms with Gasteiger partial charge in [-0.05, 0) is 30.0 Å². The van der Waals surface area contributed by atoms with E-state index in [-0.39, 0.29) is 24.3 Å². The lowest BCUT2D eigenvalue weighted by molar-refractivity contribution is -0.138. The zero-order valence-corrected chi connectivity index (χ0v) is 10.6. The lowest BCUT2D eigenvalue weighted by Gasteiger charge is -2.02. The summed E-state index contributed by atoms with van der Waals surface area (Å²) in [5, 5.41) is 10.9. The largest absolute Gasteiger partial charge is 0.480 e. The van der Waals surface area contributed by atoms with E-state index in [4.69, 9.17) is 5.11 Å². The maximum atomic E-state index is 11.6. The molecule has 1 amide bonds. The molecule has 2 N–H and O–H groups in total. The van der Waals surface area contributed by atoms with Crippen molar-refractivity contribution >= 4 is 27.8 Å². The molecule has 90 valence electrons. The minimum absolute atomic E-state index is 0.0736. The molecule has 4 nitrogen and oxygen atoms in total. The van der Waals surface area contributed by atoms with Gasteiger partial charge in [-0.1, -0.05) is 28.1 Å². The number of hydrogen-bond acceptors (Lipinski definition) is 2. The van der Waals surface area contributed by atoms with Crippen LogP contribution in [0.3, 0.4) is 0 Å². The summed E-state index contributed by atoms with van der Waals surface area (Å²) in [7, 11) is 0. The van der Waals surface area contributed by atoms with Gasteiger partial charge in [-0.2, -0.15) is 0 Å². The summed E-state index contributed by atoms with van der Waals surface area (Å²) in [6, 6.07) is 7.86. The molecule has 0 unspecified atom stereocenters. The zero-order chi connectivity index (χ0) is 12.4. The van der Waals surface area contributed by atoms with Crippen molar-refractivity contribution in [3.63, 3.8) is 0 Å². The second kappa shape index (κ2) is 4.87. The number of rotatable bonds is 4. The van der Waals surface area contributed by atoms with Crippen LogP contribution in [0.1, 0.15) is 17.9 Å². The maximum Gasteiger partial charge on any atom is 0.322 e. The summed E-state index contributed by atoms with van der Waals surface area (Å²) in [5.41, 5.74) is 1.13. The van der Waals surface area contributed by atoms with Crippen LogP contribution >= 0.6 is 15.9 Å². The summed E-state index contributed by atoms with van der Waals surface area (Å²) >= 11 is 3.36. The van der Waals surface area contributed by atoms with Crippen LogP contribution in [0.2, 0.25) is 0 Å². The Labute approximate surface area is 107 Å². The van der Waals surface area contributed by atoms with Crippen LogP contribution in [-0.2, 0) is 9.59 Å². The van der Waals surface area contributed by atoms with Gasteiger partial charge in [0.25, 0.3) is 0 Å². The van der Waals surface area contributed by atoms with Crippen LogP contribution in [0.4, 0.5) is 0 Å². The Kier molecular flexibility index (Phi) is 3.47. The van der Waals surface area contributed by atoms with E-state index >= 15 is 0 Å². The predicted molar refractivity (Wildman–Crippen MR) is 65.6 cm³/mol. The number of halogens is 1. The Bertz CT molecular complexity index is 444. The van der Waals surface area contributed by atoms with Crippen molar-refractivity contribution in [3.05, 3.63) is 34.3 Å². The average molecular weight is 298 g/mol. The molecule has 1 aliphatic rings. The van der Waals surface area contributed by atoms with E-state index in [1.165, 1.54) is 0 Å². The van der Waals surface area contributed by atoms with Gasteiger partial charge in [0.1, 0.15) is 6.54 Å². The highest BCUT2D eigenvalue weighted by molar-refractivity contribution is 9.10. The van der Waals surface area contributed by atoms with Crippen LogP contribution in [0.5, 0.6) is 0 Å². The van der Waals surface area contributed by atoms with Gasteiger partial charge in [-0.25, -0.2) is 0 Å². The number of aliphatic carboxylic acids is 1. The van der Waals surface area contributed by atoms with Gasteiger partial charge in [0, 0.05) is 10.4 Å². The Morgan fingerprint density at radius 3 is 2.59 bits per heavy atom. The number of amides is 1. The van der Waals surface area contributed by atoms with Gasteiger partial charge in [-0.15, -0.1) is 0 Å². The fourth-order valence-corrected chi connectivity index (χ4v) is 2.12. The third-order valence-corrected chi connectivity index (χ3v) is 3.37. The third kappa shape index (κ3) is 3.06. The molecule has 0 heterocycles. The molecule has 1 aromatic carbocycles. The molecule has 0 radical (unpaired) electrons. The SMILES string of the molecule is O=C(O)CNC(=O)[C@@H]1C[C@H]1c1ccc(Br)cc1. The molecule has 2 rings (SSSR count). The number of benzene rings is 1. The van der Waals surface area contributed by atoms with Crippen molar-refractivity contribution in [1.29, 1.82) is 0 Å². The third-order valence-electron chi connectivity index (χ3n) is 2.84. The second-order valence-corrected chi connectivity index (χ2v) is 5.03. The number of nitrogens with one attached hydrogen (secondary N) is 1. The van der Waals surface area contributed by atoms with Gasteiger partial charge in [0.15, 0.2) is 0 Å². The zero-order valence-electron chi connectivity index (χ0n) is 9.02. The first-order chi connectivity index (χ1) is 8.08. The number of carboxylic acids is 1. The molecule has 2 atom stereocenters. The molecule has 1 aliphatic carbocycles. The Morgan fingerprint density at radius 2 is 2.00 bits per heavy atom. The quantitative estimate of drug-likeness (QED) is 0.890. The van der Waals surface area contributed by atoms with Crippen LogP contribution < -0.4 is 5.32 Å². The van der Waals surface area contributed by atoms with E-state index in [2.05, 4.69) is 21.2 Å². The van der Waals surface area contributed by atoms with Crippen LogP contribution in [0, 0.1) is 5.92 Å². The van der Waals surface area contributed by atoms with Gasteiger partial charge >= 0.3 is 5.97 Å². The standard InChI is InChI=1S/C12H12BrNO3/c13-8-3-1-7(2-4-8)9-5-10(9)12(17)14-6-11(15)16/h1-4,9-10H,5-6H2,(H,14,17)(H,15,16)/t9-,10+/m0/s1. The lowest BCUT2D eigenvalue weighted by atomic mass is 10.1. The fraction of sp³-hybridized carbons (Fsp3) is 0.333. The van der Waals surface area contributed by atoms with E-state index in [1.807, 2.05) is 24.3 Å². The van der Waals surface area contributed by atoms with Gasteiger partial charge in [0.05, 0.1) is 0 Å². The fourth-order valence-electron chi connectivity index (χ4n) is 1.86. The normalized spacial score (nSPS) is 21.9. The predicted octanol–water partition coefficient (Wildman–Crippen LogP) is 1.75. The van der Waals surface area contributed by atoms with E-state index < -0.39 is 5.97 Å². The van der Waals surface area contributed by atoms with Crippen LogP contribution in [0.15, 0.2) is 28.7 Å². The molecule has 0 saturated heterocycles. The second-order valence-electron chi connectivity index (χ2n) is 4.11. The summed E-state index contributed by atoms with van der Waals surface area (Å²) < 4.78 is 1.01. The van der Waals surface area contributed by atoms with Crippen molar-refractivity contribution in [2.75, 3.05) is 6.54 Å². The molecule has 5 heteroatoms. The average Bonchev–Trinajstić information content (AvgIpc) is 3.07. The van der Waals surface area contributed by atoms with Crippen LogP contribution in [-0.4, -0.2) is 23.5 Å². The van der Waals surface area contributed by atoms with Crippen LogP contribution in [0.25, 0.3) is 0 Å². The molecule has 0 bridgehead atoms. The molecule has 0 spiro atoms. The highest BCUT2D eigenvalue weighted by atomic mass is 79.9. The van der Waals surface area contributed by atoms with E-state index in [1.54, 1.807) is 0 Å². The smallest absolute Gasteiger partial charge is 0.322 e. The first-order valence-corrected chi connectivity index (χ1v) is 6.12. The van der Waals surface area contributed by atoms with E-state index in [9.17, 15) is 9.59 Å². The number of carbonyl (C=O) groups is 2. The number of carbonyl (C=O) groups excluding carboxylic acids is 1. The lowest BCUT2D eigenvalue weighted by Crippen LogP contribution is -2.30. The molecule has 0 aliphatic heterocycles. The first-order valence-electron chi connectivity index (χ1n) is 5.33. The van der Waals surface area contributed by atoms with Crippen molar-refractivity contribution < 1.29 is 14.7 Å². The highest BCUT2D eigenvalue weighted by Gasteiger charge is 2.43. The Balaban J connectivity index is 1.89. The first kappa shape index (κ1) is 12.1. The molecule has 0 aromatic heterocycles. The van der Waals surface area contributed by atoms with E-state index in [0.717, 1.165) is 16.5 Å². The topological polar surface area (TPSA) is 66.4 Å². The van der Waals surface area contributed by atoms with Crippen molar-refractivity contribution in [2.45, 2.75) is 12.3 Å². The van der Waals surface area contributed by atoms with Crippen molar-refractivity contribution in [3.8, 4) is 0 Å². The van der Waals surface area contributed by atoms with E-state index in [0.29, 0.717) is 0 Å². The molecule has 1 saturated carbocycles. The maximum absolute atomic E-state index is 11.6. The minimum atomic E-state index is -1.01.